The van der Waals surface area contributed by atoms with Gasteiger partial charge in [-0.2, -0.15) is 0 Å². The Balaban J connectivity index is 2.59. The quantitative estimate of drug-likeness (QED) is 0.896. The van der Waals surface area contributed by atoms with E-state index in [1.165, 1.54) is 6.07 Å². The minimum atomic E-state index is -0.217. The van der Waals surface area contributed by atoms with Gasteiger partial charge in [0.15, 0.2) is 0 Å². The van der Waals surface area contributed by atoms with Gasteiger partial charge in [0.05, 0.1) is 6.61 Å². The van der Waals surface area contributed by atoms with Crippen molar-refractivity contribution in [3.05, 3.63) is 34.1 Å². The number of rotatable bonds is 5. The average Bonchev–Trinajstić information content (AvgIpc) is 2.20. The molecule has 15 heavy (non-hydrogen) atoms. The summed E-state index contributed by atoms with van der Waals surface area (Å²) in [5.41, 5.74) is 6.43. The molecule has 0 heterocycles. The predicted octanol–water partition coefficient (Wildman–Crippen LogP) is 2.49. The second-order valence-corrected chi connectivity index (χ2v) is 4.28. The molecular formula is C11H15BrFNO. The van der Waals surface area contributed by atoms with Gasteiger partial charge in [-0.1, -0.05) is 15.9 Å². The normalized spacial score (nSPS) is 12.8. The van der Waals surface area contributed by atoms with E-state index in [0.717, 1.165) is 4.47 Å². The highest BCUT2D eigenvalue weighted by Crippen LogP contribution is 2.16. The lowest BCUT2D eigenvalue weighted by molar-refractivity contribution is 0.133. The molecule has 0 saturated heterocycles. The van der Waals surface area contributed by atoms with Crippen LogP contribution in [-0.4, -0.2) is 19.3 Å². The van der Waals surface area contributed by atoms with Crippen molar-refractivity contribution in [2.24, 2.45) is 5.73 Å². The molecule has 0 fully saturated rings. The summed E-state index contributed by atoms with van der Waals surface area (Å²) in [6, 6.07) is 4.70. The fourth-order valence-corrected chi connectivity index (χ4v) is 1.72. The first-order chi connectivity index (χ1) is 7.13. The van der Waals surface area contributed by atoms with Crippen molar-refractivity contribution in [2.75, 3.05) is 13.2 Å². The summed E-state index contributed by atoms with van der Waals surface area (Å²) >= 11 is 3.30. The third kappa shape index (κ3) is 4.28. The van der Waals surface area contributed by atoms with E-state index in [1.807, 2.05) is 6.92 Å². The number of hydrogen-bond donors (Lipinski definition) is 1. The highest BCUT2D eigenvalue weighted by molar-refractivity contribution is 9.10. The first-order valence-corrected chi connectivity index (χ1v) is 5.70. The van der Waals surface area contributed by atoms with Gasteiger partial charge in [0.1, 0.15) is 5.82 Å². The molecule has 0 aromatic heterocycles. The lowest BCUT2D eigenvalue weighted by Gasteiger charge is -2.12. The van der Waals surface area contributed by atoms with Crippen molar-refractivity contribution in [1.29, 1.82) is 0 Å². The molecule has 0 amide bonds. The van der Waals surface area contributed by atoms with E-state index in [4.69, 9.17) is 10.5 Å². The fourth-order valence-electron chi connectivity index (χ4n) is 1.31. The van der Waals surface area contributed by atoms with E-state index in [0.29, 0.717) is 25.2 Å². The van der Waals surface area contributed by atoms with Gasteiger partial charge in [0.25, 0.3) is 0 Å². The second-order valence-electron chi connectivity index (χ2n) is 3.36. The van der Waals surface area contributed by atoms with Crippen LogP contribution in [0.3, 0.4) is 0 Å². The van der Waals surface area contributed by atoms with Gasteiger partial charge in [0.2, 0.25) is 0 Å². The van der Waals surface area contributed by atoms with Gasteiger partial charge in [-0.3, -0.25) is 0 Å². The van der Waals surface area contributed by atoms with E-state index in [-0.39, 0.29) is 11.9 Å². The van der Waals surface area contributed by atoms with Crippen LogP contribution < -0.4 is 5.73 Å². The summed E-state index contributed by atoms with van der Waals surface area (Å²) in [6.45, 7) is 3.00. The molecular weight excluding hydrogens is 261 g/mol. The zero-order valence-corrected chi connectivity index (χ0v) is 10.3. The highest BCUT2D eigenvalue weighted by Gasteiger charge is 2.08. The highest BCUT2D eigenvalue weighted by atomic mass is 79.9. The molecule has 1 aromatic carbocycles. The van der Waals surface area contributed by atoms with Crippen LogP contribution in [0.25, 0.3) is 0 Å². The SMILES string of the molecule is CCOCC(N)Cc1cc(Br)ccc1F. The van der Waals surface area contributed by atoms with Crippen LogP contribution in [0, 0.1) is 5.82 Å². The monoisotopic (exact) mass is 275 g/mol. The van der Waals surface area contributed by atoms with Crippen LogP contribution in [0.1, 0.15) is 12.5 Å². The Morgan fingerprint density at radius 1 is 1.53 bits per heavy atom. The molecule has 4 heteroatoms. The van der Waals surface area contributed by atoms with Crippen molar-refractivity contribution in [3.8, 4) is 0 Å². The molecule has 0 bridgehead atoms. The molecule has 1 unspecified atom stereocenters. The Bertz CT molecular complexity index is 319. The largest absolute Gasteiger partial charge is 0.380 e. The van der Waals surface area contributed by atoms with Crippen LogP contribution in [0.2, 0.25) is 0 Å². The molecule has 1 aromatic rings. The summed E-state index contributed by atoms with van der Waals surface area (Å²) < 4.78 is 19.4. The minimum absolute atomic E-state index is 0.159. The maximum absolute atomic E-state index is 13.3. The van der Waals surface area contributed by atoms with E-state index in [1.54, 1.807) is 12.1 Å². The van der Waals surface area contributed by atoms with Gasteiger partial charge >= 0.3 is 0 Å². The van der Waals surface area contributed by atoms with E-state index < -0.39 is 0 Å². The zero-order chi connectivity index (χ0) is 11.3. The summed E-state index contributed by atoms with van der Waals surface area (Å²) in [5, 5.41) is 0. The van der Waals surface area contributed by atoms with Gasteiger partial charge in [-0.25, -0.2) is 4.39 Å². The number of benzene rings is 1. The first-order valence-electron chi connectivity index (χ1n) is 4.90. The maximum atomic E-state index is 13.3. The zero-order valence-electron chi connectivity index (χ0n) is 8.67. The first kappa shape index (κ1) is 12.6. The molecule has 1 atom stereocenters. The van der Waals surface area contributed by atoms with Crippen LogP contribution in [0.15, 0.2) is 22.7 Å². The Kier molecular flexibility index (Phi) is 5.22. The molecule has 84 valence electrons. The van der Waals surface area contributed by atoms with Crippen LogP contribution in [0.5, 0.6) is 0 Å². The van der Waals surface area contributed by atoms with E-state index in [9.17, 15) is 4.39 Å². The summed E-state index contributed by atoms with van der Waals surface area (Å²) in [5.74, 6) is -0.217. The van der Waals surface area contributed by atoms with Crippen molar-refractivity contribution in [1.82, 2.24) is 0 Å². The van der Waals surface area contributed by atoms with Gasteiger partial charge < -0.3 is 10.5 Å². The molecule has 2 N–H and O–H groups in total. The summed E-state index contributed by atoms with van der Waals surface area (Å²) in [6.07, 6.45) is 0.491. The van der Waals surface area contributed by atoms with Crippen LogP contribution in [0.4, 0.5) is 4.39 Å². The Morgan fingerprint density at radius 2 is 2.27 bits per heavy atom. The molecule has 0 aliphatic rings. The maximum Gasteiger partial charge on any atom is 0.126 e. The molecule has 0 aliphatic heterocycles. The lowest BCUT2D eigenvalue weighted by Crippen LogP contribution is -2.29. The fraction of sp³-hybridized carbons (Fsp3) is 0.455. The summed E-state index contributed by atoms with van der Waals surface area (Å²) in [7, 11) is 0. The van der Waals surface area contributed by atoms with Crippen molar-refractivity contribution in [2.45, 2.75) is 19.4 Å². The van der Waals surface area contributed by atoms with Crippen molar-refractivity contribution >= 4 is 15.9 Å². The average molecular weight is 276 g/mol. The van der Waals surface area contributed by atoms with Gasteiger partial charge in [0, 0.05) is 17.1 Å². The van der Waals surface area contributed by atoms with Crippen LogP contribution in [-0.2, 0) is 11.2 Å². The minimum Gasteiger partial charge on any atom is -0.380 e. The molecule has 0 aliphatic carbocycles. The number of nitrogens with two attached hydrogens (primary N) is 1. The molecule has 0 radical (unpaired) electrons. The molecule has 1 rings (SSSR count). The number of halogens is 2. The van der Waals surface area contributed by atoms with Gasteiger partial charge in [-0.15, -0.1) is 0 Å². The molecule has 2 nitrogen and oxygen atoms in total. The van der Waals surface area contributed by atoms with Crippen LogP contribution >= 0.6 is 15.9 Å². The summed E-state index contributed by atoms with van der Waals surface area (Å²) in [4.78, 5) is 0. The smallest absolute Gasteiger partial charge is 0.126 e. The Hall–Kier alpha value is -0.450. The third-order valence-electron chi connectivity index (χ3n) is 2.03. The Labute approximate surface area is 97.7 Å². The van der Waals surface area contributed by atoms with E-state index in [2.05, 4.69) is 15.9 Å². The predicted molar refractivity (Wildman–Crippen MR) is 62.3 cm³/mol. The molecule has 0 saturated carbocycles. The topological polar surface area (TPSA) is 35.2 Å². The number of hydrogen-bond acceptors (Lipinski definition) is 2. The molecule has 0 spiro atoms. The third-order valence-corrected chi connectivity index (χ3v) is 2.52. The standard InChI is InChI=1S/C11H15BrFNO/c1-2-15-7-10(14)6-8-5-9(12)3-4-11(8)13/h3-5,10H,2,6-7,14H2,1H3. The van der Waals surface area contributed by atoms with Gasteiger partial charge in [-0.05, 0) is 37.1 Å². The van der Waals surface area contributed by atoms with E-state index >= 15 is 0 Å². The second kappa shape index (κ2) is 6.20. The lowest BCUT2D eigenvalue weighted by atomic mass is 10.1. The Morgan fingerprint density at radius 3 is 2.93 bits per heavy atom. The van der Waals surface area contributed by atoms with Crippen molar-refractivity contribution < 1.29 is 9.13 Å². The van der Waals surface area contributed by atoms with Crippen molar-refractivity contribution in [3.63, 3.8) is 0 Å². The number of ether oxygens (including phenoxy) is 1.